The molecule has 3 N–H and O–H groups in total. The molecule has 5 heteroatoms. The lowest BCUT2D eigenvalue weighted by Gasteiger charge is -2.11. The molecule has 108 valence electrons. The van der Waals surface area contributed by atoms with Crippen LogP contribution in [0.3, 0.4) is 0 Å². The normalized spacial score (nSPS) is 10.7. The van der Waals surface area contributed by atoms with Crippen LogP contribution in [0.2, 0.25) is 0 Å². The molecule has 0 amide bonds. The van der Waals surface area contributed by atoms with Gasteiger partial charge in [0.1, 0.15) is 0 Å². The molecule has 0 saturated heterocycles. The van der Waals surface area contributed by atoms with E-state index in [4.69, 9.17) is 15.2 Å². The topological polar surface area (TPSA) is 56.5 Å². The van der Waals surface area contributed by atoms with Crippen LogP contribution in [0.4, 0.5) is 11.4 Å². The zero-order valence-corrected chi connectivity index (χ0v) is 13.3. The average Bonchev–Trinajstić information content (AvgIpc) is 2.38. The van der Waals surface area contributed by atoms with E-state index in [0.717, 1.165) is 47.4 Å². The highest BCUT2D eigenvalue weighted by Crippen LogP contribution is 2.27. The zero-order valence-electron chi connectivity index (χ0n) is 11.7. The number of nitrogens with two attached hydrogens (primary N) is 1. The van der Waals surface area contributed by atoms with Crippen LogP contribution in [0, 0.1) is 6.92 Å². The summed E-state index contributed by atoms with van der Waals surface area (Å²) >= 11 is 3.51. The number of nitrogens with one attached hydrogen (secondary N) is 1. The summed E-state index contributed by atoms with van der Waals surface area (Å²) in [6.45, 7) is 5.06. The van der Waals surface area contributed by atoms with Crippen molar-refractivity contribution in [2.75, 3.05) is 44.5 Å². The van der Waals surface area contributed by atoms with Crippen LogP contribution in [-0.4, -0.2) is 33.5 Å². The Labute approximate surface area is 123 Å². The van der Waals surface area contributed by atoms with Crippen molar-refractivity contribution < 1.29 is 9.47 Å². The van der Waals surface area contributed by atoms with Gasteiger partial charge >= 0.3 is 0 Å². The predicted octanol–water partition coefficient (Wildman–Crippen LogP) is 3.19. The van der Waals surface area contributed by atoms with E-state index < -0.39 is 0 Å². The maximum atomic E-state index is 5.84. The Morgan fingerprint density at radius 3 is 2.74 bits per heavy atom. The van der Waals surface area contributed by atoms with Gasteiger partial charge in [-0.05, 0) is 53.4 Å². The molecule has 1 rings (SSSR count). The number of hydrogen-bond acceptors (Lipinski definition) is 4. The molecule has 0 spiro atoms. The lowest BCUT2D eigenvalue weighted by molar-refractivity contribution is 0.0691. The number of methoxy groups -OCH3 is 1. The lowest BCUT2D eigenvalue weighted by Crippen LogP contribution is -2.07. The van der Waals surface area contributed by atoms with Gasteiger partial charge in [0.2, 0.25) is 0 Å². The van der Waals surface area contributed by atoms with Crippen LogP contribution in [-0.2, 0) is 9.47 Å². The predicted molar refractivity (Wildman–Crippen MR) is 83.7 cm³/mol. The van der Waals surface area contributed by atoms with Crippen LogP contribution >= 0.6 is 15.9 Å². The summed E-state index contributed by atoms with van der Waals surface area (Å²) in [5.74, 6) is 0. The average molecular weight is 331 g/mol. The highest BCUT2D eigenvalue weighted by molar-refractivity contribution is 9.10. The molecule has 0 radical (unpaired) electrons. The molecule has 0 aliphatic carbocycles. The minimum atomic E-state index is 0.663. The molecule has 19 heavy (non-hydrogen) atoms. The Bertz CT molecular complexity index is 386. The van der Waals surface area contributed by atoms with Crippen LogP contribution in [0.1, 0.15) is 18.4 Å². The number of ether oxygens (including phenoxy) is 2. The number of nitrogen functional groups attached to an aromatic ring is 1. The second-order valence-corrected chi connectivity index (χ2v) is 5.28. The summed E-state index contributed by atoms with van der Waals surface area (Å²) in [5.41, 5.74) is 8.83. The molecule has 4 nitrogen and oxygen atoms in total. The SMILES string of the molecule is COCCOCCCCNc1cc(C)c(N)cc1Br. The van der Waals surface area contributed by atoms with Gasteiger partial charge in [0, 0.05) is 36.1 Å². The molecule has 0 aliphatic heterocycles. The summed E-state index contributed by atoms with van der Waals surface area (Å²) in [7, 11) is 1.68. The first-order chi connectivity index (χ1) is 9.15. The van der Waals surface area contributed by atoms with Crippen molar-refractivity contribution in [1.29, 1.82) is 0 Å². The van der Waals surface area contributed by atoms with Crippen LogP contribution in [0.15, 0.2) is 16.6 Å². The Hall–Kier alpha value is -0.780. The number of rotatable bonds is 9. The maximum Gasteiger partial charge on any atom is 0.0700 e. The van der Waals surface area contributed by atoms with E-state index in [-0.39, 0.29) is 0 Å². The second kappa shape index (κ2) is 9.18. The largest absolute Gasteiger partial charge is 0.398 e. The van der Waals surface area contributed by atoms with Gasteiger partial charge in [0.25, 0.3) is 0 Å². The first-order valence-electron chi connectivity index (χ1n) is 6.51. The fourth-order valence-corrected chi connectivity index (χ4v) is 2.13. The minimum absolute atomic E-state index is 0.663. The van der Waals surface area contributed by atoms with E-state index in [2.05, 4.69) is 27.3 Å². The number of hydrogen-bond donors (Lipinski definition) is 2. The van der Waals surface area contributed by atoms with E-state index >= 15 is 0 Å². The number of aryl methyl sites for hydroxylation is 1. The third-order valence-electron chi connectivity index (χ3n) is 2.82. The lowest BCUT2D eigenvalue weighted by atomic mass is 10.2. The summed E-state index contributed by atoms with van der Waals surface area (Å²) in [6.07, 6.45) is 2.12. The van der Waals surface area contributed by atoms with Crippen LogP contribution < -0.4 is 11.1 Å². The second-order valence-electron chi connectivity index (χ2n) is 4.43. The third kappa shape index (κ3) is 6.27. The van der Waals surface area contributed by atoms with Gasteiger partial charge < -0.3 is 20.5 Å². The Morgan fingerprint density at radius 1 is 1.21 bits per heavy atom. The molecule has 0 heterocycles. The number of unbranched alkanes of at least 4 members (excludes halogenated alkanes) is 1. The van der Waals surface area contributed by atoms with Crippen molar-refractivity contribution in [3.8, 4) is 0 Å². The molecular formula is C14H23BrN2O2. The van der Waals surface area contributed by atoms with Crippen molar-refractivity contribution in [3.05, 3.63) is 22.2 Å². The molecule has 0 bridgehead atoms. The van der Waals surface area contributed by atoms with Gasteiger partial charge in [0.05, 0.1) is 13.2 Å². The van der Waals surface area contributed by atoms with Crippen LogP contribution in [0.5, 0.6) is 0 Å². The fraction of sp³-hybridized carbons (Fsp3) is 0.571. The molecule has 0 aliphatic rings. The van der Waals surface area contributed by atoms with E-state index in [1.807, 2.05) is 13.0 Å². The Morgan fingerprint density at radius 2 is 2.00 bits per heavy atom. The summed E-state index contributed by atoms with van der Waals surface area (Å²) in [5, 5.41) is 3.40. The van der Waals surface area contributed by atoms with Gasteiger partial charge in [-0.25, -0.2) is 0 Å². The van der Waals surface area contributed by atoms with Crippen molar-refractivity contribution in [2.45, 2.75) is 19.8 Å². The third-order valence-corrected chi connectivity index (χ3v) is 3.47. The molecule has 0 aromatic heterocycles. The number of benzene rings is 1. The van der Waals surface area contributed by atoms with E-state index in [9.17, 15) is 0 Å². The molecule has 0 fully saturated rings. The maximum absolute atomic E-state index is 5.84. The first-order valence-corrected chi connectivity index (χ1v) is 7.30. The van der Waals surface area contributed by atoms with Crippen molar-refractivity contribution in [1.82, 2.24) is 0 Å². The molecule has 1 aromatic rings. The quantitative estimate of drug-likeness (QED) is 0.539. The van der Waals surface area contributed by atoms with E-state index in [1.54, 1.807) is 7.11 Å². The van der Waals surface area contributed by atoms with Crippen molar-refractivity contribution in [3.63, 3.8) is 0 Å². The minimum Gasteiger partial charge on any atom is -0.398 e. The highest BCUT2D eigenvalue weighted by atomic mass is 79.9. The van der Waals surface area contributed by atoms with Crippen molar-refractivity contribution in [2.24, 2.45) is 0 Å². The Kier molecular flexibility index (Phi) is 7.86. The first kappa shape index (κ1) is 16.3. The smallest absolute Gasteiger partial charge is 0.0700 e. The van der Waals surface area contributed by atoms with E-state index in [0.29, 0.717) is 13.2 Å². The van der Waals surface area contributed by atoms with Gasteiger partial charge in [-0.15, -0.1) is 0 Å². The van der Waals surface area contributed by atoms with Gasteiger partial charge in [-0.2, -0.15) is 0 Å². The summed E-state index contributed by atoms with van der Waals surface area (Å²) in [4.78, 5) is 0. The monoisotopic (exact) mass is 330 g/mol. The molecule has 1 aromatic carbocycles. The highest BCUT2D eigenvalue weighted by Gasteiger charge is 2.02. The summed E-state index contributed by atoms with van der Waals surface area (Å²) < 4.78 is 11.3. The van der Waals surface area contributed by atoms with Gasteiger partial charge in [-0.3, -0.25) is 0 Å². The van der Waals surface area contributed by atoms with Crippen molar-refractivity contribution >= 4 is 27.3 Å². The van der Waals surface area contributed by atoms with Gasteiger partial charge in [0.15, 0.2) is 0 Å². The molecule has 0 unspecified atom stereocenters. The fourth-order valence-electron chi connectivity index (χ4n) is 1.63. The molecular weight excluding hydrogens is 308 g/mol. The molecule has 0 saturated carbocycles. The van der Waals surface area contributed by atoms with E-state index in [1.165, 1.54) is 0 Å². The number of halogens is 1. The van der Waals surface area contributed by atoms with Crippen LogP contribution in [0.25, 0.3) is 0 Å². The number of anilines is 2. The summed E-state index contributed by atoms with van der Waals surface area (Å²) in [6, 6.07) is 4.00. The standard InChI is InChI=1S/C14H23BrN2O2/c1-11-9-14(12(15)10-13(11)16)17-5-3-4-6-19-8-7-18-2/h9-10,17H,3-8,16H2,1-2H3. The Balaban J connectivity index is 2.17. The molecule has 0 atom stereocenters. The zero-order chi connectivity index (χ0) is 14.1. The van der Waals surface area contributed by atoms with Gasteiger partial charge in [-0.1, -0.05) is 0 Å².